The summed E-state index contributed by atoms with van der Waals surface area (Å²) >= 11 is 0. The van der Waals surface area contributed by atoms with Gasteiger partial charge in [-0.3, -0.25) is 14.4 Å². The molecule has 10 heteroatoms. The van der Waals surface area contributed by atoms with Gasteiger partial charge >= 0.3 is 0 Å². The van der Waals surface area contributed by atoms with E-state index in [0.717, 1.165) is 5.56 Å². The fraction of sp³-hybridized carbons (Fsp3) is 0.185. The Morgan fingerprint density at radius 3 is 2.24 bits per heavy atom. The van der Waals surface area contributed by atoms with Crippen LogP contribution in [0.15, 0.2) is 77.8 Å². The third-order valence-corrected chi connectivity index (χ3v) is 5.83. The predicted octanol–water partition coefficient (Wildman–Crippen LogP) is 3.44. The van der Waals surface area contributed by atoms with Crippen LogP contribution in [0.3, 0.4) is 0 Å². The molecule has 3 amide bonds. The van der Waals surface area contributed by atoms with Crippen molar-refractivity contribution in [2.24, 2.45) is 4.99 Å². The molecule has 1 heterocycles. The molecule has 0 bridgehead atoms. The minimum absolute atomic E-state index is 0.479. The molecule has 0 saturated carbocycles. The number of aliphatic imine (C=N–C) groups is 1. The number of carbonyl (C=O) groups is 3. The Bertz CT molecular complexity index is 1360. The van der Waals surface area contributed by atoms with Crippen LogP contribution in [0.2, 0.25) is 0 Å². The van der Waals surface area contributed by atoms with E-state index in [1.807, 2.05) is 42.5 Å². The van der Waals surface area contributed by atoms with Crippen molar-refractivity contribution in [1.29, 1.82) is 0 Å². The number of para-hydroxylation sites is 1. The molecule has 2 unspecified atom stereocenters. The highest BCUT2D eigenvalue weighted by molar-refractivity contribution is 6.20. The molecule has 3 aromatic rings. The maximum Gasteiger partial charge on any atom is 0.272 e. The van der Waals surface area contributed by atoms with Gasteiger partial charge in [0.1, 0.15) is 17.7 Å². The highest BCUT2D eigenvalue weighted by Crippen LogP contribution is 2.27. The summed E-state index contributed by atoms with van der Waals surface area (Å²) in [7, 11) is 1.56. The number of halogens is 3. The molecule has 0 spiro atoms. The summed E-state index contributed by atoms with van der Waals surface area (Å²) in [5.41, 5.74) is 1.95. The molecule has 0 radical (unpaired) electrons. The molecule has 7 nitrogen and oxygen atoms in total. The van der Waals surface area contributed by atoms with Crippen LogP contribution in [0.4, 0.5) is 18.9 Å². The number of anilines is 1. The Kier molecular flexibility index (Phi) is 7.37. The van der Waals surface area contributed by atoms with Crippen molar-refractivity contribution in [2.45, 2.75) is 25.3 Å². The summed E-state index contributed by atoms with van der Waals surface area (Å²) in [5, 5.41) is 4.66. The quantitative estimate of drug-likeness (QED) is 0.535. The lowest BCUT2D eigenvalue weighted by atomic mass is 10.0. The average Bonchev–Trinajstić information content (AvgIpc) is 2.98. The SMILES string of the molecule is C[C@H](NC(=O)C(F)c1cc(F)cc(F)c1)C(=O)NC1N=C(c2ccccc2)c2ccccc2N(C)C1=O. The fourth-order valence-corrected chi connectivity index (χ4v) is 3.93. The molecule has 2 N–H and O–H groups in total. The number of hydrogen-bond donors (Lipinski definition) is 2. The molecule has 190 valence electrons. The lowest BCUT2D eigenvalue weighted by Gasteiger charge is -2.22. The molecule has 1 aliphatic heterocycles. The number of likely N-dealkylation sites (N-methyl/N-ethyl adjacent to an activating group) is 1. The third-order valence-electron chi connectivity index (χ3n) is 5.83. The zero-order valence-corrected chi connectivity index (χ0v) is 19.9. The number of hydrogen-bond acceptors (Lipinski definition) is 4. The van der Waals surface area contributed by atoms with Gasteiger partial charge in [0.2, 0.25) is 18.2 Å². The van der Waals surface area contributed by atoms with Crippen LogP contribution in [0.5, 0.6) is 0 Å². The van der Waals surface area contributed by atoms with E-state index in [1.54, 1.807) is 19.2 Å². The van der Waals surface area contributed by atoms with Crippen molar-refractivity contribution in [2.75, 3.05) is 11.9 Å². The van der Waals surface area contributed by atoms with Gasteiger partial charge in [0, 0.05) is 29.8 Å². The minimum Gasteiger partial charge on any atom is -0.342 e. The Balaban J connectivity index is 1.55. The van der Waals surface area contributed by atoms with Crippen molar-refractivity contribution in [1.82, 2.24) is 10.6 Å². The van der Waals surface area contributed by atoms with Gasteiger partial charge in [-0.05, 0) is 25.1 Å². The maximum absolute atomic E-state index is 14.6. The highest BCUT2D eigenvalue weighted by atomic mass is 19.1. The first-order valence-electron chi connectivity index (χ1n) is 11.4. The van der Waals surface area contributed by atoms with E-state index in [-0.39, 0.29) is 0 Å². The number of nitrogens with one attached hydrogen (secondary N) is 2. The molecule has 0 aliphatic carbocycles. The Labute approximate surface area is 211 Å². The molecule has 0 fully saturated rings. The van der Waals surface area contributed by atoms with Crippen molar-refractivity contribution >= 4 is 29.1 Å². The van der Waals surface area contributed by atoms with Gasteiger partial charge in [-0.2, -0.15) is 0 Å². The predicted molar refractivity (Wildman–Crippen MR) is 132 cm³/mol. The smallest absolute Gasteiger partial charge is 0.272 e. The number of benzene rings is 3. The van der Waals surface area contributed by atoms with Gasteiger partial charge in [-0.1, -0.05) is 48.5 Å². The molecule has 3 aromatic carbocycles. The standard InChI is InChI=1S/C27H23F3N4O3/c1-15(31-26(36)22(30)17-12-18(28)14-19(29)13-17)25(35)33-24-27(37)34(2)21-11-7-6-10-20(21)23(32-24)16-8-4-3-5-9-16/h3-15,22,24H,1-2H3,(H,31,36)(H,33,35)/t15-,22?,24?/m0/s1. The van der Waals surface area contributed by atoms with E-state index >= 15 is 0 Å². The molecule has 1 aliphatic rings. The van der Waals surface area contributed by atoms with Crippen LogP contribution in [-0.2, 0) is 14.4 Å². The zero-order valence-electron chi connectivity index (χ0n) is 19.9. The Hall–Kier alpha value is -4.47. The lowest BCUT2D eigenvalue weighted by molar-refractivity contribution is -0.132. The number of benzodiazepines with no additional fused rings is 1. The summed E-state index contributed by atoms with van der Waals surface area (Å²) < 4.78 is 41.4. The molecule has 3 atom stereocenters. The zero-order chi connectivity index (χ0) is 26.7. The van der Waals surface area contributed by atoms with Crippen LogP contribution in [0.25, 0.3) is 0 Å². The number of fused-ring (bicyclic) bond motifs is 1. The Morgan fingerprint density at radius 1 is 0.946 bits per heavy atom. The second kappa shape index (κ2) is 10.7. The van der Waals surface area contributed by atoms with Crippen LogP contribution >= 0.6 is 0 Å². The molecular weight excluding hydrogens is 485 g/mol. The van der Waals surface area contributed by atoms with Gasteiger partial charge in [0.05, 0.1) is 11.4 Å². The van der Waals surface area contributed by atoms with Crippen molar-refractivity contribution < 1.29 is 27.6 Å². The largest absolute Gasteiger partial charge is 0.342 e. The van der Waals surface area contributed by atoms with Crippen LogP contribution < -0.4 is 15.5 Å². The van der Waals surface area contributed by atoms with Gasteiger partial charge in [0.25, 0.3) is 11.8 Å². The summed E-state index contributed by atoms with van der Waals surface area (Å²) in [6, 6.07) is 16.9. The molecule has 0 saturated heterocycles. The maximum atomic E-state index is 14.6. The fourth-order valence-electron chi connectivity index (χ4n) is 3.93. The van der Waals surface area contributed by atoms with Crippen molar-refractivity contribution in [3.63, 3.8) is 0 Å². The van der Waals surface area contributed by atoms with Crippen LogP contribution in [0, 0.1) is 11.6 Å². The second-order valence-electron chi connectivity index (χ2n) is 8.46. The third kappa shape index (κ3) is 5.53. The second-order valence-corrected chi connectivity index (χ2v) is 8.46. The number of amides is 3. The van der Waals surface area contributed by atoms with Gasteiger partial charge in [-0.15, -0.1) is 0 Å². The highest BCUT2D eigenvalue weighted by Gasteiger charge is 2.32. The number of carbonyl (C=O) groups excluding carboxylic acids is 3. The summed E-state index contributed by atoms with van der Waals surface area (Å²) in [5.74, 6) is -4.68. The van der Waals surface area contributed by atoms with Gasteiger partial charge in [0.15, 0.2) is 0 Å². The van der Waals surface area contributed by atoms with E-state index in [2.05, 4.69) is 15.6 Å². The molecule has 4 rings (SSSR count). The van der Waals surface area contributed by atoms with E-state index in [9.17, 15) is 27.6 Å². The molecule has 37 heavy (non-hydrogen) atoms. The van der Waals surface area contributed by atoms with Gasteiger partial charge < -0.3 is 15.5 Å². The Morgan fingerprint density at radius 2 is 1.57 bits per heavy atom. The summed E-state index contributed by atoms with van der Waals surface area (Å²) in [4.78, 5) is 44.3. The van der Waals surface area contributed by atoms with Crippen LogP contribution in [0.1, 0.15) is 29.8 Å². The van der Waals surface area contributed by atoms with E-state index in [4.69, 9.17) is 0 Å². The number of alkyl halides is 1. The van der Waals surface area contributed by atoms with E-state index in [0.29, 0.717) is 35.2 Å². The van der Waals surface area contributed by atoms with Crippen molar-refractivity contribution in [3.8, 4) is 0 Å². The number of nitrogens with zero attached hydrogens (tertiary/aromatic N) is 2. The summed E-state index contributed by atoms with van der Waals surface area (Å²) in [6.07, 6.45) is -3.75. The van der Waals surface area contributed by atoms with E-state index < -0.39 is 53.3 Å². The molecular formula is C27H23F3N4O3. The average molecular weight is 509 g/mol. The lowest BCUT2D eigenvalue weighted by Crippen LogP contribution is -2.52. The first-order chi connectivity index (χ1) is 17.7. The first-order valence-corrected chi connectivity index (χ1v) is 11.4. The minimum atomic E-state index is -2.41. The number of rotatable bonds is 6. The first kappa shape index (κ1) is 25.6. The van der Waals surface area contributed by atoms with Crippen LogP contribution in [-0.4, -0.2) is 42.7 Å². The topological polar surface area (TPSA) is 90.9 Å². The monoisotopic (exact) mass is 508 g/mol. The van der Waals surface area contributed by atoms with Gasteiger partial charge in [-0.25, -0.2) is 18.2 Å². The molecule has 0 aromatic heterocycles. The summed E-state index contributed by atoms with van der Waals surface area (Å²) in [6.45, 7) is 1.29. The normalized spacial score (nSPS) is 16.7. The van der Waals surface area contributed by atoms with Crippen molar-refractivity contribution in [3.05, 3.63) is 101 Å². The van der Waals surface area contributed by atoms with E-state index in [1.165, 1.54) is 11.8 Å².